The number of hydrogen-bond donors (Lipinski definition) is 7. The maximum atomic E-state index is 11.6. The van der Waals surface area contributed by atoms with Crippen molar-refractivity contribution in [2.75, 3.05) is 6.61 Å². The van der Waals surface area contributed by atoms with E-state index in [1.807, 2.05) is 6.92 Å². The maximum Gasteiger partial charge on any atom is 0.364 e. The maximum absolute atomic E-state index is 11.6. The van der Waals surface area contributed by atoms with E-state index in [2.05, 4.69) is 5.32 Å². The Kier molecular flexibility index (Phi) is 8.38. The number of carboxylic acids is 1. The van der Waals surface area contributed by atoms with E-state index >= 15 is 0 Å². The number of carbonyl (C=O) groups is 2. The number of hydrogen-bond acceptors (Lipinski definition) is 8. The molecule has 7 atom stereocenters. The molecular formula is C16H29NO9. The van der Waals surface area contributed by atoms with Gasteiger partial charge in [0.25, 0.3) is 5.79 Å². The summed E-state index contributed by atoms with van der Waals surface area (Å²) < 4.78 is 5.21. The van der Waals surface area contributed by atoms with Gasteiger partial charge in [-0.15, -0.1) is 0 Å². The van der Waals surface area contributed by atoms with Crippen LogP contribution < -0.4 is 5.32 Å². The molecule has 10 nitrogen and oxygen atoms in total. The first-order valence-corrected chi connectivity index (χ1v) is 8.65. The summed E-state index contributed by atoms with van der Waals surface area (Å²) in [7, 11) is 0. The Labute approximate surface area is 151 Å². The van der Waals surface area contributed by atoms with Crippen LogP contribution in [0.2, 0.25) is 0 Å². The number of ether oxygens (including phenoxy) is 1. The summed E-state index contributed by atoms with van der Waals surface area (Å²) in [6.45, 7) is 2.22. The molecular weight excluding hydrogens is 350 g/mol. The highest BCUT2D eigenvalue weighted by Crippen LogP contribution is 2.38. The van der Waals surface area contributed by atoms with E-state index in [9.17, 15) is 35.1 Å². The standard InChI is InChI=1S/C16H29NO9/c1-3-4-5-6-9-12(21)11(17-8(2)19)14(13(22)10(20)7-18)26-16(9,25)15(23)24/h9-14,18,20-22,25H,3-7H2,1-2H3,(H,17,19)(H,23,24)/t9?,10-,11-,12+,13-,14-,16?/m1/s1. The van der Waals surface area contributed by atoms with Crippen molar-refractivity contribution < 1.29 is 45.0 Å². The average Bonchev–Trinajstić information content (AvgIpc) is 2.58. The second kappa shape index (κ2) is 9.58. The number of aliphatic hydroxyl groups excluding tert-OH is 4. The SMILES string of the molecule is CCCCCC1[C@H](O)[C@@H](NC(C)=O)[C@H]([C@H](O)[C@H](O)CO)OC1(O)C(=O)O. The van der Waals surface area contributed by atoms with Crippen molar-refractivity contribution in [2.45, 2.75) is 75.8 Å². The number of amides is 1. The molecule has 0 bridgehead atoms. The number of nitrogens with one attached hydrogen (secondary N) is 1. The topological polar surface area (TPSA) is 177 Å². The summed E-state index contributed by atoms with van der Waals surface area (Å²) in [5, 5.41) is 61.9. The molecule has 152 valence electrons. The summed E-state index contributed by atoms with van der Waals surface area (Å²) >= 11 is 0. The third kappa shape index (κ3) is 4.90. The Bertz CT molecular complexity index is 488. The minimum atomic E-state index is -2.82. The number of carboxylic acid groups (broad SMARTS) is 1. The third-order valence-electron chi connectivity index (χ3n) is 4.67. The van der Waals surface area contributed by atoms with Gasteiger partial charge in [-0.2, -0.15) is 0 Å². The fourth-order valence-corrected chi connectivity index (χ4v) is 3.25. The van der Waals surface area contributed by atoms with Crippen LogP contribution in [-0.2, 0) is 14.3 Å². The summed E-state index contributed by atoms with van der Waals surface area (Å²) in [6, 6.07) is -1.28. The van der Waals surface area contributed by atoms with E-state index in [0.29, 0.717) is 6.42 Å². The van der Waals surface area contributed by atoms with Crippen LogP contribution in [0, 0.1) is 5.92 Å². The fraction of sp³-hybridized carbons (Fsp3) is 0.875. The van der Waals surface area contributed by atoms with Gasteiger partial charge in [0.1, 0.15) is 18.3 Å². The molecule has 26 heavy (non-hydrogen) atoms. The first-order chi connectivity index (χ1) is 12.1. The molecule has 0 aromatic heterocycles. The van der Waals surface area contributed by atoms with E-state index < -0.39 is 60.6 Å². The van der Waals surface area contributed by atoms with Crippen LogP contribution in [0.1, 0.15) is 39.5 Å². The van der Waals surface area contributed by atoms with Crippen molar-refractivity contribution in [1.82, 2.24) is 5.32 Å². The van der Waals surface area contributed by atoms with Crippen LogP contribution in [0.5, 0.6) is 0 Å². The van der Waals surface area contributed by atoms with Crippen molar-refractivity contribution in [3.8, 4) is 0 Å². The van der Waals surface area contributed by atoms with Crippen molar-refractivity contribution >= 4 is 11.9 Å². The minimum Gasteiger partial charge on any atom is -0.477 e. The predicted molar refractivity (Wildman–Crippen MR) is 87.8 cm³/mol. The van der Waals surface area contributed by atoms with Crippen LogP contribution in [-0.4, -0.2) is 85.4 Å². The second-order valence-electron chi connectivity index (χ2n) is 6.64. The summed E-state index contributed by atoms with van der Waals surface area (Å²) in [5.74, 6) is -6.42. The first-order valence-electron chi connectivity index (χ1n) is 8.65. The van der Waals surface area contributed by atoms with Crippen LogP contribution in [0.15, 0.2) is 0 Å². The molecule has 1 aliphatic heterocycles. The number of rotatable bonds is 9. The van der Waals surface area contributed by atoms with Crippen LogP contribution >= 0.6 is 0 Å². The first kappa shape index (κ1) is 22.7. The monoisotopic (exact) mass is 379 g/mol. The Morgan fingerprint density at radius 2 is 1.88 bits per heavy atom. The normalized spacial score (nSPS) is 34.1. The van der Waals surface area contributed by atoms with Crippen molar-refractivity contribution in [3.63, 3.8) is 0 Å². The molecule has 0 spiro atoms. The van der Waals surface area contributed by atoms with Gasteiger partial charge < -0.3 is 40.7 Å². The highest BCUT2D eigenvalue weighted by atomic mass is 16.7. The van der Waals surface area contributed by atoms with Crippen molar-refractivity contribution in [3.05, 3.63) is 0 Å². The molecule has 1 fully saturated rings. The van der Waals surface area contributed by atoms with Crippen molar-refractivity contribution in [2.24, 2.45) is 5.92 Å². The molecule has 0 saturated carbocycles. The van der Waals surface area contributed by atoms with E-state index in [4.69, 9.17) is 9.84 Å². The van der Waals surface area contributed by atoms with Crippen LogP contribution in [0.25, 0.3) is 0 Å². The highest BCUT2D eigenvalue weighted by Gasteiger charge is 2.59. The van der Waals surface area contributed by atoms with E-state index in [-0.39, 0.29) is 6.42 Å². The molecule has 2 unspecified atom stereocenters. The van der Waals surface area contributed by atoms with Gasteiger partial charge in [-0.05, 0) is 6.42 Å². The average molecular weight is 379 g/mol. The molecule has 1 rings (SSSR count). The van der Waals surface area contributed by atoms with Gasteiger partial charge in [0.2, 0.25) is 5.91 Å². The Morgan fingerprint density at radius 1 is 1.27 bits per heavy atom. The van der Waals surface area contributed by atoms with Crippen LogP contribution in [0.3, 0.4) is 0 Å². The van der Waals surface area contributed by atoms with E-state index in [1.54, 1.807) is 0 Å². The number of aliphatic hydroxyl groups is 5. The lowest BCUT2D eigenvalue weighted by atomic mass is 9.78. The lowest BCUT2D eigenvalue weighted by molar-refractivity contribution is -0.321. The van der Waals surface area contributed by atoms with Gasteiger partial charge in [-0.1, -0.05) is 26.2 Å². The lowest BCUT2D eigenvalue weighted by Crippen LogP contribution is -2.71. The van der Waals surface area contributed by atoms with Gasteiger partial charge in [0, 0.05) is 6.92 Å². The lowest BCUT2D eigenvalue weighted by Gasteiger charge is -2.49. The predicted octanol–water partition coefficient (Wildman–Crippen LogP) is -2.07. The van der Waals surface area contributed by atoms with Gasteiger partial charge in [-0.3, -0.25) is 4.79 Å². The minimum absolute atomic E-state index is 0.110. The largest absolute Gasteiger partial charge is 0.477 e. The van der Waals surface area contributed by atoms with Gasteiger partial charge in [-0.25, -0.2) is 4.79 Å². The Hall–Kier alpha value is -1.30. The highest BCUT2D eigenvalue weighted by molar-refractivity contribution is 5.76. The summed E-state index contributed by atoms with van der Waals surface area (Å²) in [6.07, 6.45) is -4.61. The Morgan fingerprint density at radius 3 is 2.35 bits per heavy atom. The Balaban J connectivity index is 3.23. The van der Waals surface area contributed by atoms with E-state index in [1.165, 1.54) is 0 Å². The fourth-order valence-electron chi connectivity index (χ4n) is 3.25. The van der Waals surface area contributed by atoms with Gasteiger partial charge in [0.05, 0.1) is 24.7 Å². The molecule has 1 saturated heterocycles. The molecule has 10 heteroatoms. The van der Waals surface area contributed by atoms with Crippen molar-refractivity contribution in [1.29, 1.82) is 0 Å². The van der Waals surface area contributed by atoms with Crippen LogP contribution in [0.4, 0.5) is 0 Å². The van der Waals surface area contributed by atoms with Gasteiger partial charge >= 0.3 is 5.97 Å². The summed E-state index contributed by atoms with van der Waals surface area (Å²) in [5.41, 5.74) is 0. The molecule has 0 aromatic carbocycles. The third-order valence-corrected chi connectivity index (χ3v) is 4.67. The molecule has 1 amide bonds. The molecule has 0 radical (unpaired) electrons. The smallest absolute Gasteiger partial charge is 0.364 e. The summed E-state index contributed by atoms with van der Waals surface area (Å²) in [4.78, 5) is 23.1. The molecule has 1 aliphatic rings. The number of aliphatic carboxylic acids is 1. The van der Waals surface area contributed by atoms with Gasteiger partial charge in [0.15, 0.2) is 0 Å². The molecule has 0 aromatic rings. The quantitative estimate of drug-likeness (QED) is 0.222. The second-order valence-corrected chi connectivity index (χ2v) is 6.64. The van der Waals surface area contributed by atoms with E-state index in [0.717, 1.165) is 19.8 Å². The molecule has 0 aliphatic carbocycles. The number of unbranched alkanes of at least 4 members (excludes halogenated alkanes) is 2. The zero-order valence-electron chi connectivity index (χ0n) is 14.9. The number of carbonyl (C=O) groups excluding carboxylic acids is 1. The zero-order chi connectivity index (χ0) is 20.1. The zero-order valence-corrected chi connectivity index (χ0v) is 14.9. The molecule has 7 N–H and O–H groups in total. The molecule has 1 heterocycles.